The monoisotopic (exact) mass is 460 g/mol. The van der Waals surface area contributed by atoms with Gasteiger partial charge in [-0.15, -0.1) is 0 Å². The Balaban J connectivity index is 1.61. The number of morpholine rings is 1. The van der Waals surface area contributed by atoms with Gasteiger partial charge in [0.2, 0.25) is 0 Å². The molecule has 4 rings (SSSR count). The molecule has 2 fully saturated rings. The molecule has 7 nitrogen and oxygen atoms in total. The summed E-state index contributed by atoms with van der Waals surface area (Å²) >= 11 is 6.41. The van der Waals surface area contributed by atoms with Crippen LogP contribution in [0.1, 0.15) is 34.1 Å². The van der Waals surface area contributed by atoms with Crippen molar-refractivity contribution < 1.29 is 14.3 Å². The Bertz CT molecular complexity index is 972. The summed E-state index contributed by atoms with van der Waals surface area (Å²) in [4.78, 5) is 21.7. The minimum atomic E-state index is -0.523. The molecule has 0 saturated carbocycles. The molecule has 0 radical (unpaired) electrons. The number of nitrogens with zero attached hydrogens (tertiary/aromatic N) is 3. The maximum Gasteiger partial charge on any atom is 0.407 e. The fourth-order valence-electron chi connectivity index (χ4n) is 4.55. The van der Waals surface area contributed by atoms with E-state index >= 15 is 0 Å². The van der Waals surface area contributed by atoms with Crippen molar-refractivity contribution in [3.8, 4) is 0 Å². The molecule has 1 aromatic heterocycles. The molecule has 174 valence electrons. The molecule has 0 bridgehead atoms. The SMILES string of the molecule is C[C@H]1C[C@@H](NC(=O)OC(C)(C)C)CN(c2nc(Cl)cc3ccc(N4CCOCC4)cc23)C1. The number of aromatic nitrogens is 1. The molecule has 1 amide bonds. The van der Waals surface area contributed by atoms with Gasteiger partial charge in [0.05, 0.1) is 19.3 Å². The molecule has 2 atom stereocenters. The second-order valence-electron chi connectivity index (χ2n) is 9.86. The molecule has 0 spiro atoms. The number of benzene rings is 1. The number of ether oxygens (including phenoxy) is 2. The lowest BCUT2D eigenvalue weighted by Crippen LogP contribution is -2.51. The highest BCUT2D eigenvalue weighted by molar-refractivity contribution is 6.30. The number of halogens is 1. The first kappa shape index (κ1) is 22.9. The van der Waals surface area contributed by atoms with E-state index in [-0.39, 0.29) is 12.1 Å². The van der Waals surface area contributed by atoms with Crippen molar-refractivity contribution in [3.05, 3.63) is 29.4 Å². The van der Waals surface area contributed by atoms with Crippen LogP contribution in [0, 0.1) is 5.92 Å². The van der Waals surface area contributed by atoms with Crippen LogP contribution in [-0.2, 0) is 9.47 Å². The molecular formula is C24H33ClN4O3. The quantitative estimate of drug-likeness (QED) is 0.682. The Labute approximate surface area is 195 Å². The molecule has 2 saturated heterocycles. The summed E-state index contributed by atoms with van der Waals surface area (Å²) in [7, 11) is 0. The van der Waals surface area contributed by atoms with Gasteiger partial charge in [-0.1, -0.05) is 24.6 Å². The van der Waals surface area contributed by atoms with Gasteiger partial charge in [0.25, 0.3) is 0 Å². The van der Waals surface area contributed by atoms with Crippen LogP contribution < -0.4 is 15.1 Å². The number of rotatable bonds is 3. The second-order valence-corrected chi connectivity index (χ2v) is 10.2. The first-order valence-electron chi connectivity index (χ1n) is 11.4. The number of fused-ring (bicyclic) bond motifs is 1. The first-order valence-corrected chi connectivity index (χ1v) is 11.7. The van der Waals surface area contributed by atoms with Gasteiger partial charge < -0.3 is 24.6 Å². The molecule has 2 aliphatic heterocycles. The number of hydrogen-bond acceptors (Lipinski definition) is 6. The van der Waals surface area contributed by atoms with E-state index in [2.05, 4.69) is 40.2 Å². The van der Waals surface area contributed by atoms with Crippen LogP contribution in [0.2, 0.25) is 5.15 Å². The largest absolute Gasteiger partial charge is 0.444 e. The molecule has 3 heterocycles. The Morgan fingerprint density at radius 3 is 2.66 bits per heavy atom. The van der Waals surface area contributed by atoms with E-state index in [0.29, 0.717) is 17.6 Å². The Morgan fingerprint density at radius 1 is 1.19 bits per heavy atom. The third kappa shape index (κ3) is 5.56. The van der Waals surface area contributed by atoms with E-state index in [9.17, 15) is 4.79 Å². The first-order chi connectivity index (χ1) is 15.2. The van der Waals surface area contributed by atoms with Gasteiger partial charge >= 0.3 is 6.09 Å². The number of nitrogens with one attached hydrogen (secondary N) is 1. The van der Waals surface area contributed by atoms with Gasteiger partial charge in [0, 0.05) is 37.3 Å². The smallest absolute Gasteiger partial charge is 0.407 e. The van der Waals surface area contributed by atoms with Crippen molar-refractivity contribution in [2.45, 2.75) is 45.8 Å². The summed E-state index contributed by atoms with van der Waals surface area (Å²) in [6.07, 6.45) is 0.517. The molecule has 0 aliphatic carbocycles. The van der Waals surface area contributed by atoms with Crippen molar-refractivity contribution >= 4 is 40.0 Å². The van der Waals surface area contributed by atoms with Crippen LogP contribution in [-0.4, -0.2) is 62.1 Å². The third-order valence-electron chi connectivity index (χ3n) is 5.82. The van der Waals surface area contributed by atoms with Gasteiger partial charge in [-0.3, -0.25) is 0 Å². The number of alkyl carbamates (subject to hydrolysis) is 1. The molecule has 1 N–H and O–H groups in total. The fraction of sp³-hybridized carbons (Fsp3) is 0.583. The van der Waals surface area contributed by atoms with Crippen LogP contribution in [0.15, 0.2) is 24.3 Å². The average molecular weight is 461 g/mol. The van der Waals surface area contributed by atoms with E-state index in [4.69, 9.17) is 26.1 Å². The summed E-state index contributed by atoms with van der Waals surface area (Å²) in [5, 5.41) is 5.65. The summed E-state index contributed by atoms with van der Waals surface area (Å²) in [6, 6.07) is 8.34. The van der Waals surface area contributed by atoms with Crippen LogP contribution in [0.5, 0.6) is 0 Å². The van der Waals surface area contributed by atoms with Crippen LogP contribution in [0.3, 0.4) is 0 Å². The zero-order valence-corrected chi connectivity index (χ0v) is 20.1. The van der Waals surface area contributed by atoms with Gasteiger partial charge in [-0.2, -0.15) is 0 Å². The lowest BCUT2D eigenvalue weighted by molar-refractivity contribution is 0.0495. The van der Waals surface area contributed by atoms with Gasteiger partial charge in [0.15, 0.2) is 0 Å². The highest BCUT2D eigenvalue weighted by Gasteiger charge is 2.29. The maximum absolute atomic E-state index is 12.4. The molecule has 8 heteroatoms. The highest BCUT2D eigenvalue weighted by Crippen LogP contribution is 2.33. The van der Waals surface area contributed by atoms with Crippen LogP contribution in [0.4, 0.5) is 16.3 Å². The van der Waals surface area contributed by atoms with Crippen LogP contribution >= 0.6 is 11.6 Å². The summed E-state index contributed by atoms with van der Waals surface area (Å²) in [5.41, 5.74) is 0.643. The highest BCUT2D eigenvalue weighted by atomic mass is 35.5. The van der Waals surface area contributed by atoms with Crippen molar-refractivity contribution in [2.24, 2.45) is 5.92 Å². The number of pyridine rings is 1. The van der Waals surface area contributed by atoms with Crippen molar-refractivity contribution in [1.82, 2.24) is 10.3 Å². The molecule has 0 unspecified atom stereocenters. The maximum atomic E-state index is 12.4. The number of piperidine rings is 1. The number of anilines is 2. The van der Waals surface area contributed by atoms with E-state index in [1.54, 1.807) is 0 Å². The second kappa shape index (κ2) is 9.32. The fourth-order valence-corrected chi connectivity index (χ4v) is 4.75. The summed E-state index contributed by atoms with van der Waals surface area (Å²) in [6.45, 7) is 12.6. The Kier molecular flexibility index (Phi) is 6.67. The van der Waals surface area contributed by atoms with E-state index in [1.165, 1.54) is 5.69 Å². The number of carbonyl (C=O) groups excluding carboxylic acids is 1. The molecule has 1 aromatic carbocycles. The molecule has 2 aliphatic rings. The summed E-state index contributed by atoms with van der Waals surface area (Å²) in [5.74, 6) is 1.26. The van der Waals surface area contributed by atoms with Crippen LogP contribution in [0.25, 0.3) is 10.8 Å². The number of amides is 1. The molecular weight excluding hydrogens is 428 g/mol. The summed E-state index contributed by atoms with van der Waals surface area (Å²) < 4.78 is 11.0. The Hall–Kier alpha value is -2.25. The van der Waals surface area contributed by atoms with Gasteiger partial charge in [0.1, 0.15) is 16.6 Å². The van der Waals surface area contributed by atoms with Crippen molar-refractivity contribution in [1.29, 1.82) is 0 Å². The molecule has 2 aromatic rings. The zero-order chi connectivity index (χ0) is 22.9. The zero-order valence-electron chi connectivity index (χ0n) is 19.4. The predicted molar refractivity (Wildman–Crippen MR) is 129 cm³/mol. The average Bonchev–Trinajstić information content (AvgIpc) is 2.71. The minimum absolute atomic E-state index is 0.0214. The third-order valence-corrected chi connectivity index (χ3v) is 6.02. The van der Waals surface area contributed by atoms with Crippen molar-refractivity contribution in [3.63, 3.8) is 0 Å². The Morgan fingerprint density at radius 2 is 1.94 bits per heavy atom. The van der Waals surface area contributed by atoms with E-state index in [0.717, 1.165) is 55.9 Å². The lowest BCUT2D eigenvalue weighted by Gasteiger charge is -2.38. The normalized spacial score (nSPS) is 22.2. The minimum Gasteiger partial charge on any atom is -0.444 e. The number of hydrogen-bond donors (Lipinski definition) is 1. The lowest BCUT2D eigenvalue weighted by atomic mass is 9.95. The van der Waals surface area contributed by atoms with Gasteiger partial charge in [-0.25, -0.2) is 9.78 Å². The standard InChI is InChI=1S/C24H33ClN4O3/c1-16-11-18(26-23(30)32-24(2,3)4)15-29(14-16)22-20-13-19(28-7-9-31-10-8-28)6-5-17(20)12-21(25)27-22/h5-6,12-13,16,18H,7-11,14-15H2,1-4H3,(H,26,30)/t16-,18+/m0/s1. The topological polar surface area (TPSA) is 66.9 Å². The van der Waals surface area contributed by atoms with E-state index in [1.807, 2.05) is 26.8 Å². The molecule has 32 heavy (non-hydrogen) atoms. The number of carbonyl (C=O) groups is 1. The van der Waals surface area contributed by atoms with E-state index < -0.39 is 5.60 Å². The van der Waals surface area contributed by atoms with Gasteiger partial charge in [-0.05, 0) is 56.7 Å². The van der Waals surface area contributed by atoms with Crippen molar-refractivity contribution in [2.75, 3.05) is 49.2 Å². The predicted octanol–water partition coefficient (Wildman–Crippen LogP) is 4.46.